The number of fused-ring (bicyclic) bond motifs is 1. The molecule has 3 aromatic carbocycles. The van der Waals surface area contributed by atoms with E-state index < -0.39 is 24.9 Å². The van der Waals surface area contributed by atoms with Gasteiger partial charge in [-0.15, -0.1) is 0 Å². The van der Waals surface area contributed by atoms with Crippen LogP contribution in [0.2, 0.25) is 0 Å². The Hall–Kier alpha value is -4.16. The zero-order valence-corrected chi connectivity index (χ0v) is 22.0. The first kappa shape index (κ1) is 28.8. The summed E-state index contributed by atoms with van der Waals surface area (Å²) in [5.74, 6) is -1.28. The number of carboxylic acid groups (broad SMARTS) is 1. The summed E-state index contributed by atoms with van der Waals surface area (Å²) in [5, 5.41) is 15.3. The Morgan fingerprint density at radius 3 is 2.42 bits per heavy atom. The van der Waals surface area contributed by atoms with Gasteiger partial charge in [0.2, 0.25) is 0 Å². The molecular formula is C28H24F3N2O6S-. The Labute approximate surface area is 230 Å². The third kappa shape index (κ3) is 7.48. The number of hydrogen-bond acceptors (Lipinski definition) is 8. The van der Waals surface area contributed by atoms with Crippen molar-refractivity contribution in [2.24, 2.45) is 5.16 Å². The second-order valence-corrected chi connectivity index (χ2v) is 9.61. The van der Waals surface area contributed by atoms with E-state index in [0.717, 1.165) is 32.7 Å². The number of carbonyl (C=O) groups excluding carboxylic acids is 1. The highest BCUT2D eigenvalue weighted by Gasteiger charge is 2.29. The van der Waals surface area contributed by atoms with Crippen molar-refractivity contribution in [3.05, 3.63) is 99.2 Å². The van der Waals surface area contributed by atoms with Gasteiger partial charge in [0.15, 0.2) is 0 Å². The van der Waals surface area contributed by atoms with E-state index in [0.29, 0.717) is 17.0 Å². The summed E-state index contributed by atoms with van der Waals surface area (Å²) in [6, 6.07) is 21.3. The molecule has 0 radical (unpaired) electrons. The molecule has 210 valence electrons. The molecule has 0 saturated carbocycles. The molecule has 8 nitrogen and oxygen atoms in total. The van der Waals surface area contributed by atoms with E-state index in [4.69, 9.17) is 9.57 Å². The number of carboxylic acids is 1. The average molecular weight is 574 g/mol. The lowest BCUT2D eigenvalue weighted by Crippen LogP contribution is -2.40. The van der Waals surface area contributed by atoms with Gasteiger partial charge < -0.3 is 24.2 Å². The number of oxime groups is 1. The van der Waals surface area contributed by atoms with Gasteiger partial charge in [-0.1, -0.05) is 65.0 Å². The minimum atomic E-state index is -4.65. The largest absolute Gasteiger partial charge is 0.547 e. The van der Waals surface area contributed by atoms with Gasteiger partial charge in [0.25, 0.3) is 0 Å². The predicted octanol–water partition coefficient (Wildman–Crippen LogP) is 3.78. The van der Waals surface area contributed by atoms with E-state index in [-0.39, 0.29) is 24.4 Å². The number of halogens is 3. The summed E-state index contributed by atoms with van der Waals surface area (Å²) in [5.41, 5.74) is 3.50. The molecule has 0 saturated heterocycles. The van der Waals surface area contributed by atoms with Crippen LogP contribution < -0.4 is 14.7 Å². The van der Waals surface area contributed by atoms with Crippen molar-refractivity contribution in [2.45, 2.75) is 25.2 Å². The Kier molecular flexibility index (Phi) is 9.22. The summed E-state index contributed by atoms with van der Waals surface area (Å²) in [4.78, 5) is 28.7. The summed E-state index contributed by atoms with van der Waals surface area (Å²) >= 11 is 1.11. The SMILES string of the molecule is CO/N=C(\c1ccccc1)c1ccc2c(c1)sc(=O)n2CCOc1ccc(CC(OCC(F)(F)F)C(=O)[O-])cc1. The number of rotatable bonds is 12. The lowest BCUT2D eigenvalue weighted by Gasteiger charge is -2.20. The molecule has 0 aliphatic rings. The highest BCUT2D eigenvalue weighted by molar-refractivity contribution is 7.16. The number of alkyl halides is 3. The van der Waals surface area contributed by atoms with Crippen molar-refractivity contribution >= 4 is 33.2 Å². The fourth-order valence-corrected chi connectivity index (χ4v) is 4.94. The third-order valence-electron chi connectivity index (χ3n) is 5.81. The topological polar surface area (TPSA) is 102 Å². The van der Waals surface area contributed by atoms with E-state index >= 15 is 0 Å². The molecule has 0 fully saturated rings. The maximum absolute atomic E-state index is 12.7. The van der Waals surface area contributed by atoms with Crippen LogP contribution in [0, 0.1) is 0 Å². The van der Waals surface area contributed by atoms with E-state index in [9.17, 15) is 27.9 Å². The van der Waals surface area contributed by atoms with E-state index in [2.05, 4.69) is 9.89 Å². The van der Waals surface area contributed by atoms with E-state index in [1.165, 1.54) is 19.2 Å². The Balaban J connectivity index is 1.40. The van der Waals surface area contributed by atoms with Gasteiger partial charge in [0.1, 0.15) is 37.9 Å². The normalized spacial score (nSPS) is 12.8. The highest BCUT2D eigenvalue weighted by atomic mass is 32.1. The van der Waals surface area contributed by atoms with Crippen molar-refractivity contribution < 1.29 is 37.4 Å². The molecule has 0 bridgehead atoms. The third-order valence-corrected chi connectivity index (χ3v) is 6.75. The predicted molar refractivity (Wildman–Crippen MR) is 142 cm³/mol. The van der Waals surface area contributed by atoms with Crippen LogP contribution in [0.3, 0.4) is 0 Å². The number of nitrogens with zero attached hydrogens (tertiary/aromatic N) is 2. The fourth-order valence-electron chi connectivity index (χ4n) is 3.98. The molecule has 12 heteroatoms. The highest BCUT2D eigenvalue weighted by Crippen LogP contribution is 2.22. The summed E-state index contributed by atoms with van der Waals surface area (Å²) in [6.07, 6.45) is -6.68. The maximum atomic E-state index is 12.7. The Morgan fingerprint density at radius 2 is 1.77 bits per heavy atom. The minimum Gasteiger partial charge on any atom is -0.547 e. The minimum absolute atomic E-state index is 0.150. The van der Waals surface area contributed by atoms with Gasteiger partial charge >= 0.3 is 11.0 Å². The number of carbonyl (C=O) groups is 1. The maximum Gasteiger partial charge on any atom is 0.411 e. The van der Waals surface area contributed by atoms with Gasteiger partial charge in [-0.05, 0) is 29.8 Å². The van der Waals surface area contributed by atoms with Crippen LogP contribution >= 0.6 is 11.3 Å². The Bertz CT molecular complexity index is 1530. The van der Waals surface area contributed by atoms with Crippen LogP contribution in [0.5, 0.6) is 5.75 Å². The zero-order valence-electron chi connectivity index (χ0n) is 21.2. The molecule has 1 atom stereocenters. The number of aromatic nitrogens is 1. The first-order chi connectivity index (χ1) is 19.1. The lowest BCUT2D eigenvalue weighted by molar-refractivity contribution is -0.319. The monoisotopic (exact) mass is 573 g/mol. The molecule has 4 rings (SSSR count). The fraction of sp³-hybridized carbons (Fsp3) is 0.250. The quantitative estimate of drug-likeness (QED) is 0.189. The molecule has 1 unspecified atom stereocenters. The molecular weight excluding hydrogens is 549 g/mol. The van der Waals surface area contributed by atoms with Crippen LogP contribution in [-0.2, 0) is 27.3 Å². The Morgan fingerprint density at radius 1 is 1.05 bits per heavy atom. The van der Waals surface area contributed by atoms with E-state index in [1.54, 1.807) is 16.7 Å². The van der Waals surface area contributed by atoms with Crippen molar-refractivity contribution in [3.63, 3.8) is 0 Å². The summed E-state index contributed by atoms with van der Waals surface area (Å²) < 4.78 is 49.6. The van der Waals surface area contributed by atoms with Crippen LogP contribution in [0.15, 0.2) is 82.7 Å². The molecule has 1 heterocycles. The second kappa shape index (κ2) is 12.8. The number of thiazole rings is 1. The van der Waals surface area contributed by atoms with Gasteiger partial charge in [-0.25, -0.2) is 0 Å². The zero-order chi connectivity index (χ0) is 28.7. The van der Waals surface area contributed by atoms with Gasteiger partial charge in [-0.2, -0.15) is 13.2 Å². The van der Waals surface area contributed by atoms with Crippen molar-refractivity contribution in [1.82, 2.24) is 4.57 Å². The number of hydrogen-bond donors (Lipinski definition) is 0. The van der Waals surface area contributed by atoms with Crippen LogP contribution in [-0.4, -0.2) is 48.9 Å². The van der Waals surface area contributed by atoms with Crippen molar-refractivity contribution in [3.8, 4) is 5.75 Å². The second-order valence-electron chi connectivity index (χ2n) is 8.62. The molecule has 1 aromatic heterocycles. The molecule has 0 aliphatic carbocycles. The van der Waals surface area contributed by atoms with Crippen LogP contribution in [0.25, 0.3) is 10.2 Å². The molecule has 0 amide bonds. The standard InChI is InChI=1S/C28H25F3N2O6S/c1-37-32-25(19-5-3-2-4-6-19)20-9-12-22-24(16-20)40-27(36)33(22)13-14-38-21-10-7-18(8-11-21)15-23(26(34)35)39-17-28(29,30)31/h2-12,16,23H,13-15,17H2,1H3,(H,34,35)/p-1/b32-25+. The van der Waals surface area contributed by atoms with Crippen LogP contribution in [0.1, 0.15) is 16.7 Å². The number of benzene rings is 3. The van der Waals surface area contributed by atoms with Gasteiger partial charge in [0.05, 0.1) is 22.7 Å². The molecule has 4 aromatic rings. The summed E-state index contributed by atoms with van der Waals surface area (Å²) in [6.45, 7) is -1.24. The summed E-state index contributed by atoms with van der Waals surface area (Å²) in [7, 11) is 1.47. The first-order valence-electron chi connectivity index (χ1n) is 12.1. The smallest absolute Gasteiger partial charge is 0.411 e. The van der Waals surface area contributed by atoms with E-state index in [1.807, 2.05) is 48.5 Å². The van der Waals surface area contributed by atoms with Crippen molar-refractivity contribution in [1.29, 1.82) is 0 Å². The number of ether oxygens (including phenoxy) is 2. The average Bonchev–Trinajstić information content (AvgIpc) is 3.24. The van der Waals surface area contributed by atoms with Crippen LogP contribution in [0.4, 0.5) is 13.2 Å². The first-order valence-corrected chi connectivity index (χ1v) is 12.9. The van der Waals surface area contributed by atoms with Crippen molar-refractivity contribution in [2.75, 3.05) is 20.3 Å². The molecule has 0 spiro atoms. The lowest BCUT2D eigenvalue weighted by atomic mass is 10.0. The number of aliphatic carboxylic acids is 1. The van der Waals surface area contributed by atoms with Gasteiger partial charge in [0, 0.05) is 17.5 Å². The molecule has 0 aliphatic heterocycles. The van der Waals surface area contributed by atoms with Gasteiger partial charge in [-0.3, -0.25) is 9.36 Å². The molecule has 0 N–H and O–H groups in total. The molecule has 40 heavy (non-hydrogen) atoms.